The van der Waals surface area contributed by atoms with E-state index in [1.807, 2.05) is 31.5 Å². The molecule has 4 aliphatic heterocycles. The second-order valence-electron chi connectivity index (χ2n) is 31.7. The first-order chi connectivity index (χ1) is 68.1. The SMILES string of the molecule is C.C.CC1CN(C(=O)c2ccc[nH]2)Cc2c(C(=O)Nc3ccc([N+](=O)[O-])s3)nn(Cc3ccc(F)cc3)c21.CC1CN(C(=O)c2ccc[nH]2)Cc2c(C(=O)O)nn(Cc3ccc(F)cc3)c21.CCOC(=O)c1nn(Cc2ccc(F)cc2)c2c1CN(C(=O)c1ccc[nH]1)CC2C.CCOC(=O)c1nn(Cc2ccc(F)cc2)c2c1CNCC2C.CO.Cl.Nc1ccc([N+](=O)[O-])s1.O=C(O)C1=CC=CC1.[2H]CF.[2H]CF. The van der Waals surface area contributed by atoms with E-state index in [0.29, 0.717) is 120 Å². The number of nitrogen functional groups attached to an aromatic ring is 1. The van der Waals surface area contributed by atoms with Crippen LogP contribution in [0.4, 0.5) is 46.3 Å². The number of anilines is 2. The number of aromatic carboxylic acids is 1. The number of aliphatic carboxylic acids is 1. The first-order valence-electron chi connectivity index (χ1n) is 44.8. The molecular weight excluding hydrogens is 1930 g/mol. The lowest BCUT2D eigenvalue weighted by Gasteiger charge is -2.32. The zero-order valence-corrected chi connectivity index (χ0v) is 79.7. The van der Waals surface area contributed by atoms with E-state index < -0.39 is 53.9 Å². The number of aliphatic hydroxyl groups is 1. The van der Waals surface area contributed by atoms with Gasteiger partial charge in [0.25, 0.3) is 23.6 Å². The number of nitro groups is 2. The Morgan fingerprint density at radius 1 is 0.497 bits per heavy atom. The Bertz CT molecular complexity index is 6560. The van der Waals surface area contributed by atoms with Crippen molar-refractivity contribution in [1.82, 2.24) is 74.1 Å². The average Bonchev–Trinajstić information content (AvgIpc) is 1.66. The number of hydrogen-bond acceptors (Lipinski definition) is 23. The Morgan fingerprint density at radius 3 is 1.13 bits per heavy atom. The number of thiophene rings is 2. The van der Waals surface area contributed by atoms with Crippen LogP contribution in [0.2, 0.25) is 0 Å². The lowest BCUT2D eigenvalue weighted by Crippen LogP contribution is -2.38. The zero-order valence-electron chi connectivity index (χ0n) is 79.2. The molecule has 0 fully saturated rings. The molecule has 4 unspecified atom stereocenters. The number of fused-ring (bicyclic) bond motifs is 4. The maximum absolute atomic E-state index is 13.4. The van der Waals surface area contributed by atoms with Gasteiger partial charge in [0.2, 0.25) is 0 Å². The van der Waals surface area contributed by atoms with Gasteiger partial charge < -0.3 is 70.8 Å². The van der Waals surface area contributed by atoms with Gasteiger partial charge in [-0.2, -0.15) is 20.4 Å². The van der Waals surface area contributed by atoms with Crippen LogP contribution >= 0.6 is 35.1 Å². The van der Waals surface area contributed by atoms with Crippen molar-refractivity contribution in [2.45, 2.75) is 139 Å². The van der Waals surface area contributed by atoms with Gasteiger partial charge in [0.1, 0.15) is 45.4 Å². The molecular formula is C98H112ClF6N19O17S2. The minimum atomic E-state index is -1.13. The molecule has 13 aromatic rings. The molecule has 45 heteroatoms. The van der Waals surface area contributed by atoms with Gasteiger partial charge in [0.05, 0.1) is 90.9 Å². The highest BCUT2D eigenvalue weighted by molar-refractivity contribution is 7.19. The third-order valence-corrected chi connectivity index (χ3v) is 23.9. The molecule has 18 rings (SSSR count). The van der Waals surface area contributed by atoms with Crippen molar-refractivity contribution >= 4 is 103 Å². The van der Waals surface area contributed by atoms with Crippen LogP contribution in [0.25, 0.3) is 0 Å². The van der Waals surface area contributed by atoms with E-state index in [4.69, 9.17) is 28.2 Å². The average molecular weight is 2040 g/mol. The molecule has 1 aliphatic carbocycles. The molecule has 13 heterocycles. The van der Waals surface area contributed by atoms with Gasteiger partial charge in [0.15, 0.2) is 22.8 Å². The Morgan fingerprint density at radius 2 is 0.832 bits per heavy atom. The number of aromatic nitrogens is 11. The second kappa shape index (κ2) is 54.4. The number of nitrogens with one attached hydrogen (secondary N) is 5. The molecule has 762 valence electrons. The fraction of sp³-hybridized carbons (Fsp3) is 0.306. The third kappa shape index (κ3) is 29.4. The Hall–Kier alpha value is -15.4. The van der Waals surface area contributed by atoms with E-state index in [1.54, 1.807) is 158 Å². The van der Waals surface area contributed by atoms with E-state index in [2.05, 4.69) is 52.9 Å². The molecule has 0 radical (unpaired) electrons. The van der Waals surface area contributed by atoms with Crippen molar-refractivity contribution in [1.29, 1.82) is 0 Å². The molecule has 5 aliphatic rings. The number of carbonyl (C=O) groups excluding carboxylic acids is 6. The summed E-state index contributed by atoms with van der Waals surface area (Å²) in [6.45, 7) is 17.1. The number of rotatable bonds is 21. The molecule has 0 spiro atoms. The maximum Gasteiger partial charge on any atom is 0.359 e. The number of esters is 2. The van der Waals surface area contributed by atoms with Gasteiger partial charge in [-0.05, 0) is 162 Å². The van der Waals surface area contributed by atoms with Crippen molar-refractivity contribution in [2.75, 3.05) is 71.9 Å². The number of allylic oxidation sites excluding steroid dienone is 3. The number of hydrogen-bond donors (Lipinski definition) is 9. The van der Waals surface area contributed by atoms with Crippen molar-refractivity contribution in [2.24, 2.45) is 0 Å². The van der Waals surface area contributed by atoms with Crippen LogP contribution in [0.15, 0.2) is 200 Å². The normalized spacial score (nSPS) is 14.7. The first-order valence-corrected chi connectivity index (χ1v) is 45.0. The summed E-state index contributed by atoms with van der Waals surface area (Å²) in [5, 5.41) is 70.6. The second-order valence-corrected chi connectivity index (χ2v) is 33.8. The Labute approximate surface area is 835 Å². The van der Waals surface area contributed by atoms with Crippen LogP contribution in [0, 0.1) is 43.5 Å². The number of alkyl halides is 2. The summed E-state index contributed by atoms with van der Waals surface area (Å²) in [4.78, 5) is 132. The van der Waals surface area contributed by atoms with Crippen molar-refractivity contribution in [3.8, 4) is 0 Å². The number of carboxylic acid groups (broad SMARTS) is 2. The van der Waals surface area contributed by atoms with E-state index in [-0.39, 0.29) is 145 Å². The minimum absolute atomic E-state index is 0. The fourth-order valence-corrected chi connectivity index (χ4v) is 17.4. The molecule has 0 bridgehead atoms. The molecule has 0 saturated carbocycles. The summed E-state index contributed by atoms with van der Waals surface area (Å²) in [6.07, 6.45) is 10.8. The lowest BCUT2D eigenvalue weighted by molar-refractivity contribution is -0.380. The molecule has 0 saturated heterocycles. The van der Waals surface area contributed by atoms with Crippen LogP contribution in [-0.4, -0.2) is 202 Å². The number of aromatic amines is 3. The van der Waals surface area contributed by atoms with Crippen molar-refractivity contribution in [3.63, 3.8) is 0 Å². The number of carbonyl (C=O) groups is 8. The molecule has 143 heavy (non-hydrogen) atoms. The minimum Gasteiger partial charge on any atom is -0.478 e. The van der Waals surface area contributed by atoms with Crippen LogP contribution in [0.3, 0.4) is 0 Å². The predicted molar refractivity (Wildman–Crippen MR) is 528 cm³/mol. The van der Waals surface area contributed by atoms with Crippen LogP contribution in [0.5, 0.6) is 0 Å². The molecule has 36 nitrogen and oxygen atoms in total. The standard InChI is InChI=1S/C24H21FN6O4S.C22H23FN4O3.C20H19FN4O3.C17H20FN3O2.C6H6O2.C4H4N2O2S.2CH3F.CH4O.2CH4.ClH/c1-14-11-29(24(33)18-3-2-10-26-18)13-17-21(23(32)27-19-8-9-20(36-19)31(34)35)28-30(22(14)17)12-15-4-6-16(25)7-5-15;1-3-30-22(29)19-17-13-26(21(28)18-5-4-10-24-18)11-14(2)20(17)27(25-19)12-15-6-8-16(23)9-7-15;1-12-9-24(19(26)16-3-2-8-22-16)11-15-17(20(27)28)23-25(18(12)15)10-13-4-6-14(21)7-5-13;1-3-23-17(22)15-14-9-19-8-11(2)16(14)21(20-15)10-12-4-6-13(18)7-5-12;7-6(8)5-3-1-2-4-5;5-3-1-2-4(9-3)6(7)8;3*1-2;;;/h2-10,14,26H,11-13H2,1H3,(H,27,32);4-10,14,24H,3,11-13H2,1-2H3;2-8,12,22H,9-11H2,1H3,(H,27,28);4-7,11,19H,3,8-10H2,1-2H3;1-3H,4H2,(H,7,8);1-2H,5H2;2*1H3;2H,1H3;2*1H4;1H/i;;;;;;2*1D;;;;. The summed E-state index contributed by atoms with van der Waals surface area (Å²) in [7, 11) is -1.00. The third-order valence-electron chi connectivity index (χ3n) is 22.1. The van der Waals surface area contributed by atoms with E-state index in [1.165, 1.54) is 72.8 Å². The fourth-order valence-electron chi connectivity index (χ4n) is 16.1. The number of aliphatic hydroxyl groups excluding tert-OH is 1. The predicted octanol–water partition coefficient (Wildman–Crippen LogP) is 17.7. The smallest absolute Gasteiger partial charge is 0.359 e. The van der Waals surface area contributed by atoms with Gasteiger partial charge in [-0.15, -0.1) is 12.4 Å². The summed E-state index contributed by atoms with van der Waals surface area (Å²) in [5.74, 6) is -5.12. The summed E-state index contributed by atoms with van der Waals surface area (Å²) < 4.78 is 101. The molecule has 4 atom stereocenters. The Kier molecular flexibility index (Phi) is 42.3. The number of ether oxygens (including phenoxy) is 2. The quantitative estimate of drug-likeness (QED) is 0.0140. The molecule has 4 aromatic carbocycles. The number of amides is 4. The zero-order chi connectivity index (χ0) is 103. The summed E-state index contributed by atoms with van der Waals surface area (Å²) >= 11 is 1.82. The highest BCUT2D eigenvalue weighted by Gasteiger charge is 2.40. The van der Waals surface area contributed by atoms with Crippen LogP contribution in [0.1, 0.15) is 230 Å². The van der Waals surface area contributed by atoms with Crippen LogP contribution in [-0.2, 0) is 66.6 Å². The molecule has 4 amide bonds. The number of nitrogens with two attached hydrogens (primary N) is 1. The van der Waals surface area contributed by atoms with Gasteiger partial charge in [-0.1, -0.05) is 109 Å². The van der Waals surface area contributed by atoms with Gasteiger partial charge in [-0.25, -0.2) is 36.7 Å². The van der Waals surface area contributed by atoms with E-state index >= 15 is 0 Å². The van der Waals surface area contributed by atoms with Gasteiger partial charge in [0, 0.05) is 145 Å². The lowest BCUT2D eigenvalue weighted by atomic mass is 9.95. The Balaban J connectivity index is 0.000000242. The van der Waals surface area contributed by atoms with Crippen molar-refractivity contribution in [3.05, 3.63) is 351 Å². The van der Waals surface area contributed by atoms with E-state index in [9.17, 15) is 90.0 Å². The number of benzene rings is 4. The number of H-pyrrole nitrogens is 3. The molecule has 9 aromatic heterocycles. The van der Waals surface area contributed by atoms with Gasteiger partial charge in [-0.3, -0.25) is 66.9 Å². The number of carboxylic acids is 2. The number of halogens is 7. The topological polar surface area (TPSA) is 480 Å². The van der Waals surface area contributed by atoms with Crippen LogP contribution < -0.4 is 16.4 Å². The first kappa shape index (κ1) is 111. The monoisotopic (exact) mass is 2040 g/mol. The van der Waals surface area contributed by atoms with E-state index in [0.717, 1.165) is 86.9 Å². The summed E-state index contributed by atoms with van der Waals surface area (Å²) in [6, 6.07) is 40.7. The largest absolute Gasteiger partial charge is 0.478 e. The number of nitrogens with zero attached hydrogens (tertiary/aromatic N) is 13. The highest BCUT2D eigenvalue weighted by Crippen LogP contribution is 2.38. The highest BCUT2D eigenvalue weighted by atomic mass is 35.5. The van der Waals surface area contributed by atoms with Crippen molar-refractivity contribution < 1.29 is 102 Å². The summed E-state index contributed by atoms with van der Waals surface area (Å²) in [5.41, 5.74) is 17.6. The molecule has 10 N–H and O–H groups in total. The maximum atomic E-state index is 13.4. The van der Waals surface area contributed by atoms with Gasteiger partial charge >= 0.3 is 33.9 Å².